The summed E-state index contributed by atoms with van der Waals surface area (Å²) in [6.07, 6.45) is 2.03. The maximum Gasteiger partial charge on any atom is 0.139 e. The fourth-order valence-electron chi connectivity index (χ4n) is 2.48. The fourth-order valence-corrected chi connectivity index (χ4v) is 2.48. The molecule has 0 bridgehead atoms. The normalized spacial score (nSPS) is 38.6. The van der Waals surface area contributed by atoms with Crippen molar-refractivity contribution in [1.82, 2.24) is 5.06 Å². The number of hydroxylamine groups is 2. The van der Waals surface area contributed by atoms with E-state index in [0.717, 1.165) is 12.8 Å². The van der Waals surface area contributed by atoms with E-state index in [9.17, 15) is 10.0 Å². The minimum absolute atomic E-state index is 0.0906. The van der Waals surface area contributed by atoms with Crippen molar-refractivity contribution in [3.8, 4) is 0 Å². The van der Waals surface area contributed by atoms with Crippen LogP contribution in [0.25, 0.3) is 0 Å². The molecule has 1 aliphatic rings. The van der Waals surface area contributed by atoms with Crippen LogP contribution >= 0.6 is 0 Å². The number of hydrogen-bond acceptors (Lipinski definition) is 3. The smallest absolute Gasteiger partial charge is 0.139 e. The number of rotatable bonds is 2. The van der Waals surface area contributed by atoms with E-state index in [0.29, 0.717) is 6.42 Å². The second-order valence-electron chi connectivity index (χ2n) is 5.24. The molecule has 1 N–H and O–H groups in total. The summed E-state index contributed by atoms with van der Waals surface area (Å²) in [7, 11) is 0. The van der Waals surface area contributed by atoms with Gasteiger partial charge in [-0.05, 0) is 26.7 Å². The Morgan fingerprint density at radius 1 is 1.29 bits per heavy atom. The lowest BCUT2D eigenvalue weighted by atomic mass is 9.70. The SMILES string of the molecule is CC.CCC1(C)CC(=O)C(C)C(C)(CC)N1O. The van der Waals surface area contributed by atoms with E-state index < -0.39 is 11.1 Å². The van der Waals surface area contributed by atoms with Crippen molar-refractivity contribution in [2.45, 2.75) is 78.8 Å². The minimum Gasteiger partial charge on any atom is -0.313 e. The predicted octanol–water partition coefficient (Wildman–Crippen LogP) is 3.65. The van der Waals surface area contributed by atoms with E-state index in [4.69, 9.17) is 0 Å². The first-order chi connectivity index (χ1) is 7.81. The molecule has 1 rings (SSSR count). The van der Waals surface area contributed by atoms with E-state index in [1.165, 1.54) is 5.06 Å². The standard InChI is InChI=1S/C12H23NO2.C2H6/c1-6-11(4)8-10(14)9(3)12(5,7-2)13(11)15;1-2/h9,15H,6-8H2,1-5H3;1-2H3. The third-order valence-corrected chi connectivity index (χ3v) is 4.44. The molecule has 3 nitrogen and oxygen atoms in total. The molecular formula is C14H29NO2. The van der Waals surface area contributed by atoms with Crippen LogP contribution in [0.1, 0.15) is 67.7 Å². The monoisotopic (exact) mass is 243 g/mol. The lowest BCUT2D eigenvalue weighted by Gasteiger charge is -2.53. The van der Waals surface area contributed by atoms with Gasteiger partial charge < -0.3 is 5.21 Å². The molecule has 0 aromatic carbocycles. The molecule has 3 unspecified atom stereocenters. The highest BCUT2D eigenvalue weighted by Gasteiger charge is 2.52. The Morgan fingerprint density at radius 2 is 1.76 bits per heavy atom. The molecule has 17 heavy (non-hydrogen) atoms. The maximum absolute atomic E-state index is 12.0. The molecule has 0 aromatic rings. The highest BCUT2D eigenvalue weighted by molar-refractivity contribution is 5.84. The third-order valence-electron chi connectivity index (χ3n) is 4.44. The van der Waals surface area contributed by atoms with E-state index in [-0.39, 0.29) is 11.7 Å². The van der Waals surface area contributed by atoms with Gasteiger partial charge in [-0.3, -0.25) is 4.79 Å². The van der Waals surface area contributed by atoms with Crippen LogP contribution in [0.5, 0.6) is 0 Å². The molecule has 0 aliphatic carbocycles. The zero-order chi connectivity index (χ0) is 13.9. The Morgan fingerprint density at radius 3 is 2.12 bits per heavy atom. The number of nitrogens with zero attached hydrogens (tertiary/aromatic N) is 1. The Labute approximate surface area is 106 Å². The van der Waals surface area contributed by atoms with Gasteiger partial charge >= 0.3 is 0 Å². The topological polar surface area (TPSA) is 40.5 Å². The second kappa shape index (κ2) is 5.96. The molecule has 1 fully saturated rings. The minimum atomic E-state index is -0.417. The van der Waals surface area contributed by atoms with Gasteiger partial charge in [0.15, 0.2) is 0 Å². The van der Waals surface area contributed by atoms with Gasteiger partial charge in [0.1, 0.15) is 5.78 Å². The van der Waals surface area contributed by atoms with Crippen LogP contribution < -0.4 is 0 Å². The van der Waals surface area contributed by atoms with Gasteiger partial charge in [0.05, 0.1) is 11.1 Å². The van der Waals surface area contributed by atoms with Crippen LogP contribution in [-0.4, -0.2) is 27.1 Å². The van der Waals surface area contributed by atoms with Crippen LogP contribution in [-0.2, 0) is 4.79 Å². The summed E-state index contributed by atoms with van der Waals surface area (Å²) in [5, 5.41) is 11.8. The Bertz CT molecular complexity index is 267. The van der Waals surface area contributed by atoms with Gasteiger partial charge in [-0.2, -0.15) is 5.06 Å². The molecule has 0 saturated carbocycles. The Kier molecular flexibility index (Phi) is 5.82. The average Bonchev–Trinajstić information content (AvgIpc) is 2.36. The van der Waals surface area contributed by atoms with Gasteiger partial charge in [0, 0.05) is 12.3 Å². The molecule has 1 heterocycles. The lowest BCUT2D eigenvalue weighted by Crippen LogP contribution is -2.65. The van der Waals surface area contributed by atoms with Gasteiger partial charge in [0.2, 0.25) is 0 Å². The number of carbonyl (C=O) groups is 1. The van der Waals surface area contributed by atoms with Crippen molar-refractivity contribution in [1.29, 1.82) is 0 Å². The van der Waals surface area contributed by atoms with Gasteiger partial charge in [-0.25, -0.2) is 0 Å². The van der Waals surface area contributed by atoms with Crippen molar-refractivity contribution in [2.75, 3.05) is 0 Å². The van der Waals surface area contributed by atoms with E-state index in [2.05, 4.69) is 0 Å². The summed E-state index contributed by atoms with van der Waals surface area (Å²) in [4.78, 5) is 12.0. The number of ketones is 1. The quantitative estimate of drug-likeness (QED) is 0.804. The molecule has 3 heteroatoms. The number of hydrogen-bond donors (Lipinski definition) is 1. The Hall–Kier alpha value is -0.410. The molecule has 102 valence electrons. The van der Waals surface area contributed by atoms with Gasteiger partial charge in [-0.15, -0.1) is 0 Å². The van der Waals surface area contributed by atoms with Crippen LogP contribution in [0.15, 0.2) is 0 Å². The molecule has 1 saturated heterocycles. The molecule has 0 amide bonds. The first kappa shape index (κ1) is 16.6. The van der Waals surface area contributed by atoms with Crippen molar-refractivity contribution >= 4 is 5.78 Å². The number of carbonyl (C=O) groups excluding carboxylic acids is 1. The van der Waals surface area contributed by atoms with Gasteiger partial charge in [-0.1, -0.05) is 34.6 Å². The fraction of sp³-hybridized carbons (Fsp3) is 0.929. The van der Waals surface area contributed by atoms with Crippen LogP contribution in [0.4, 0.5) is 0 Å². The molecule has 3 atom stereocenters. The van der Waals surface area contributed by atoms with Crippen molar-refractivity contribution in [2.24, 2.45) is 5.92 Å². The lowest BCUT2D eigenvalue weighted by molar-refractivity contribution is -0.260. The van der Waals surface area contributed by atoms with E-state index in [1.807, 2.05) is 48.5 Å². The molecule has 0 radical (unpaired) electrons. The Balaban J connectivity index is 0.00000121. The summed E-state index contributed by atoms with van der Waals surface area (Å²) >= 11 is 0. The molecule has 0 spiro atoms. The highest BCUT2D eigenvalue weighted by Crippen LogP contribution is 2.42. The zero-order valence-electron chi connectivity index (χ0n) is 12.5. The largest absolute Gasteiger partial charge is 0.313 e. The van der Waals surface area contributed by atoms with Crippen LogP contribution in [0.3, 0.4) is 0 Å². The van der Waals surface area contributed by atoms with Crippen LogP contribution in [0.2, 0.25) is 0 Å². The summed E-state index contributed by atoms with van der Waals surface area (Å²) in [6.45, 7) is 13.9. The van der Waals surface area contributed by atoms with Crippen molar-refractivity contribution < 1.29 is 10.0 Å². The molecule has 0 aromatic heterocycles. The summed E-state index contributed by atoms with van der Waals surface area (Å²) < 4.78 is 0. The van der Waals surface area contributed by atoms with Crippen molar-refractivity contribution in [3.63, 3.8) is 0 Å². The number of Topliss-reactive ketones (excluding diaryl/α,β-unsaturated/α-hetero) is 1. The molecular weight excluding hydrogens is 214 g/mol. The first-order valence-electron chi connectivity index (χ1n) is 6.83. The number of piperidine rings is 1. The zero-order valence-corrected chi connectivity index (χ0v) is 12.5. The average molecular weight is 243 g/mol. The maximum atomic E-state index is 12.0. The summed E-state index contributed by atoms with van der Waals surface area (Å²) in [6, 6.07) is 0. The second-order valence-corrected chi connectivity index (χ2v) is 5.24. The van der Waals surface area contributed by atoms with E-state index >= 15 is 0 Å². The first-order valence-corrected chi connectivity index (χ1v) is 6.83. The van der Waals surface area contributed by atoms with Crippen molar-refractivity contribution in [3.05, 3.63) is 0 Å². The van der Waals surface area contributed by atoms with E-state index in [1.54, 1.807) is 0 Å². The predicted molar refractivity (Wildman–Crippen MR) is 71.2 cm³/mol. The summed E-state index contributed by atoms with van der Waals surface area (Å²) in [5.41, 5.74) is -0.811. The molecule has 1 aliphatic heterocycles. The van der Waals surface area contributed by atoms with Crippen LogP contribution in [0, 0.1) is 5.92 Å². The summed E-state index contributed by atoms with van der Waals surface area (Å²) in [5.74, 6) is 0.182. The van der Waals surface area contributed by atoms with Gasteiger partial charge in [0.25, 0.3) is 0 Å². The third kappa shape index (κ3) is 2.71. The highest BCUT2D eigenvalue weighted by atomic mass is 16.5.